The minimum Gasteiger partial charge on any atom is -0.493 e. The zero-order valence-corrected chi connectivity index (χ0v) is 16.3. The molecule has 148 valence electrons. The second kappa shape index (κ2) is 10.8. The summed E-state index contributed by atoms with van der Waals surface area (Å²) in [6.45, 7) is 2.07. The lowest BCUT2D eigenvalue weighted by molar-refractivity contribution is -0.128. The molecule has 2 N–H and O–H groups in total. The fraction of sp³-hybridized carbons (Fsp3) is 0.200. The van der Waals surface area contributed by atoms with Crippen molar-refractivity contribution in [1.82, 2.24) is 10.9 Å². The van der Waals surface area contributed by atoms with Gasteiger partial charge < -0.3 is 14.2 Å². The van der Waals surface area contributed by atoms with Crippen molar-refractivity contribution in [3.05, 3.63) is 59.1 Å². The lowest BCUT2D eigenvalue weighted by atomic mass is 10.2. The molecule has 0 bridgehead atoms. The molecule has 0 aliphatic rings. The topological polar surface area (TPSA) is 85.9 Å². The van der Waals surface area contributed by atoms with Gasteiger partial charge in [0.15, 0.2) is 18.1 Å². The highest BCUT2D eigenvalue weighted by atomic mass is 35.5. The van der Waals surface area contributed by atoms with Crippen LogP contribution in [0.3, 0.4) is 0 Å². The highest BCUT2D eigenvalue weighted by Gasteiger charge is 2.07. The smallest absolute Gasteiger partial charge is 0.276 e. The molecule has 2 aromatic carbocycles. The normalized spacial score (nSPS) is 10.4. The second-order valence-corrected chi connectivity index (χ2v) is 5.84. The van der Waals surface area contributed by atoms with E-state index in [1.165, 1.54) is 6.08 Å². The van der Waals surface area contributed by atoms with Crippen LogP contribution in [-0.4, -0.2) is 32.1 Å². The van der Waals surface area contributed by atoms with E-state index in [0.717, 1.165) is 5.56 Å². The van der Waals surface area contributed by atoms with Gasteiger partial charge in [-0.25, -0.2) is 0 Å². The van der Waals surface area contributed by atoms with Crippen molar-refractivity contribution in [2.24, 2.45) is 0 Å². The minimum absolute atomic E-state index is 0.288. The van der Waals surface area contributed by atoms with Crippen molar-refractivity contribution >= 4 is 29.5 Å². The first-order valence-corrected chi connectivity index (χ1v) is 8.86. The first-order chi connectivity index (χ1) is 13.5. The molecule has 0 atom stereocenters. The van der Waals surface area contributed by atoms with E-state index < -0.39 is 11.8 Å². The predicted octanol–water partition coefficient (Wildman–Crippen LogP) is 2.99. The van der Waals surface area contributed by atoms with E-state index in [-0.39, 0.29) is 6.61 Å². The average molecular weight is 405 g/mol. The van der Waals surface area contributed by atoms with Gasteiger partial charge in [0.2, 0.25) is 0 Å². The van der Waals surface area contributed by atoms with Crippen LogP contribution in [0.5, 0.6) is 17.2 Å². The van der Waals surface area contributed by atoms with Gasteiger partial charge in [0.25, 0.3) is 11.8 Å². The summed E-state index contributed by atoms with van der Waals surface area (Å²) in [6.07, 6.45) is 2.87. The van der Waals surface area contributed by atoms with Crippen molar-refractivity contribution in [1.29, 1.82) is 0 Å². The van der Waals surface area contributed by atoms with E-state index in [2.05, 4.69) is 10.9 Å². The molecule has 28 heavy (non-hydrogen) atoms. The monoisotopic (exact) mass is 404 g/mol. The van der Waals surface area contributed by atoms with Gasteiger partial charge in [0, 0.05) is 6.08 Å². The Balaban J connectivity index is 1.82. The average Bonchev–Trinajstić information content (AvgIpc) is 2.70. The number of rotatable bonds is 8. The maximum Gasteiger partial charge on any atom is 0.276 e. The Morgan fingerprint density at radius 1 is 1.04 bits per heavy atom. The summed E-state index contributed by atoms with van der Waals surface area (Å²) >= 11 is 5.93. The van der Waals surface area contributed by atoms with Gasteiger partial charge in [-0.15, -0.1) is 0 Å². The van der Waals surface area contributed by atoms with Gasteiger partial charge in [0.1, 0.15) is 5.75 Å². The van der Waals surface area contributed by atoms with Crippen LogP contribution < -0.4 is 25.1 Å². The van der Waals surface area contributed by atoms with Crippen molar-refractivity contribution in [3.63, 3.8) is 0 Å². The third-order valence-electron chi connectivity index (χ3n) is 3.44. The summed E-state index contributed by atoms with van der Waals surface area (Å²) in [7, 11) is 1.55. The number of nitrogens with one attached hydrogen (secondary N) is 2. The van der Waals surface area contributed by atoms with Crippen LogP contribution in [0.25, 0.3) is 6.08 Å². The van der Waals surface area contributed by atoms with Gasteiger partial charge in [-0.3, -0.25) is 20.4 Å². The molecule has 0 unspecified atom stereocenters. The molecule has 8 heteroatoms. The molecule has 0 aromatic heterocycles. The van der Waals surface area contributed by atoms with Gasteiger partial charge in [-0.1, -0.05) is 29.8 Å². The quantitative estimate of drug-likeness (QED) is 0.522. The molecule has 0 saturated heterocycles. The Kier molecular flexibility index (Phi) is 8.17. The number of carbonyl (C=O) groups is 2. The molecule has 2 aromatic rings. The number of hydrazine groups is 1. The third kappa shape index (κ3) is 6.51. The van der Waals surface area contributed by atoms with E-state index in [1.54, 1.807) is 55.7 Å². The van der Waals surface area contributed by atoms with Crippen LogP contribution in [-0.2, 0) is 9.59 Å². The zero-order chi connectivity index (χ0) is 20.4. The molecule has 2 amide bonds. The molecule has 2 rings (SSSR count). The third-order valence-corrected chi connectivity index (χ3v) is 3.75. The summed E-state index contributed by atoms with van der Waals surface area (Å²) in [4.78, 5) is 23.6. The van der Waals surface area contributed by atoms with Crippen LogP contribution in [0.4, 0.5) is 0 Å². The molecule has 0 spiro atoms. The number of hydrogen-bond acceptors (Lipinski definition) is 5. The minimum atomic E-state index is -0.523. The highest BCUT2D eigenvalue weighted by Crippen LogP contribution is 2.28. The molecule has 0 radical (unpaired) electrons. The van der Waals surface area contributed by atoms with E-state index in [9.17, 15) is 9.59 Å². The second-order valence-electron chi connectivity index (χ2n) is 5.43. The summed E-state index contributed by atoms with van der Waals surface area (Å²) < 4.78 is 16.0. The van der Waals surface area contributed by atoms with Crippen LogP contribution in [0.2, 0.25) is 5.02 Å². The van der Waals surface area contributed by atoms with Gasteiger partial charge in [-0.05, 0) is 42.8 Å². The molecule has 0 fully saturated rings. The molecule has 0 saturated carbocycles. The number of benzene rings is 2. The first kappa shape index (κ1) is 21.1. The lowest BCUT2D eigenvalue weighted by Crippen LogP contribution is -2.43. The molecular weight excluding hydrogens is 384 g/mol. The van der Waals surface area contributed by atoms with Crippen LogP contribution >= 0.6 is 11.6 Å². The number of halogens is 1. The maximum atomic E-state index is 11.9. The van der Waals surface area contributed by atoms with Gasteiger partial charge in [-0.2, -0.15) is 0 Å². The summed E-state index contributed by atoms with van der Waals surface area (Å²) in [5, 5.41) is 0.396. The van der Waals surface area contributed by atoms with E-state index in [4.69, 9.17) is 25.8 Å². The highest BCUT2D eigenvalue weighted by molar-refractivity contribution is 6.32. The Hall–Kier alpha value is -3.19. The van der Waals surface area contributed by atoms with Gasteiger partial charge in [0.05, 0.1) is 18.7 Å². The van der Waals surface area contributed by atoms with E-state index in [1.807, 2.05) is 6.92 Å². The van der Waals surface area contributed by atoms with Crippen molar-refractivity contribution in [3.8, 4) is 17.2 Å². The van der Waals surface area contributed by atoms with Crippen molar-refractivity contribution < 1.29 is 23.8 Å². The number of carbonyl (C=O) groups excluding carboxylic acids is 2. The molecule has 7 nitrogen and oxygen atoms in total. The standard InChI is InChI=1S/C20H21ClN2O5/c1-3-27-18-12-14(8-10-17(18)26-2)9-11-19(24)22-23-20(25)13-28-16-7-5-4-6-15(16)21/h4-12H,3,13H2,1-2H3,(H,22,24)(H,23,25)/b11-9+. The lowest BCUT2D eigenvalue weighted by Gasteiger charge is -2.10. The summed E-state index contributed by atoms with van der Waals surface area (Å²) in [6, 6.07) is 12.1. The molecule has 0 heterocycles. The number of hydrogen-bond donors (Lipinski definition) is 2. The van der Waals surface area contributed by atoms with Gasteiger partial charge >= 0.3 is 0 Å². The molecule has 0 aliphatic heterocycles. The van der Waals surface area contributed by atoms with E-state index >= 15 is 0 Å². The van der Waals surface area contributed by atoms with Crippen LogP contribution in [0.1, 0.15) is 12.5 Å². The van der Waals surface area contributed by atoms with E-state index in [0.29, 0.717) is 28.9 Å². The Labute approximate surface area is 168 Å². The summed E-state index contributed by atoms with van der Waals surface area (Å²) in [5.41, 5.74) is 5.27. The number of para-hydroxylation sites is 1. The number of amides is 2. The molecule has 0 aliphatic carbocycles. The van der Waals surface area contributed by atoms with Crippen LogP contribution in [0, 0.1) is 0 Å². The fourth-order valence-electron chi connectivity index (χ4n) is 2.15. The zero-order valence-electron chi connectivity index (χ0n) is 15.5. The SMILES string of the molecule is CCOc1cc(/C=C/C(=O)NNC(=O)COc2ccccc2Cl)ccc1OC. The molecular formula is C20H21ClN2O5. The largest absolute Gasteiger partial charge is 0.493 e. The van der Waals surface area contributed by atoms with Crippen molar-refractivity contribution in [2.75, 3.05) is 20.3 Å². The number of methoxy groups -OCH3 is 1. The maximum absolute atomic E-state index is 11.9. The first-order valence-electron chi connectivity index (χ1n) is 8.48. The number of ether oxygens (including phenoxy) is 3. The van der Waals surface area contributed by atoms with Crippen molar-refractivity contribution in [2.45, 2.75) is 6.92 Å². The Bertz CT molecular complexity index is 854. The fourth-order valence-corrected chi connectivity index (χ4v) is 2.34. The Morgan fingerprint density at radius 2 is 1.82 bits per heavy atom. The predicted molar refractivity (Wildman–Crippen MR) is 106 cm³/mol. The Morgan fingerprint density at radius 3 is 2.54 bits per heavy atom. The summed E-state index contributed by atoms with van der Waals surface area (Å²) in [5.74, 6) is 0.548. The van der Waals surface area contributed by atoms with Crippen LogP contribution in [0.15, 0.2) is 48.5 Å².